The van der Waals surface area contributed by atoms with Crippen molar-refractivity contribution in [1.29, 1.82) is 0 Å². The summed E-state index contributed by atoms with van der Waals surface area (Å²) in [7, 11) is 2.81. The normalized spacial score (nSPS) is 17.1. The van der Waals surface area contributed by atoms with Gasteiger partial charge in [0.05, 0.1) is 0 Å². The molecule has 1 heterocycles. The standard InChI is InChI=1S/B3H6N3.Li.H/c1-4-2-6-3-5-1;;/h1-6H;;. The Morgan fingerprint density at radius 1 is 0.714 bits per heavy atom. The summed E-state index contributed by atoms with van der Waals surface area (Å²) in [6, 6.07) is 0. The molecule has 0 aromatic rings. The van der Waals surface area contributed by atoms with E-state index in [1.165, 1.54) is 0 Å². The molecule has 0 aromatic carbocycles. The first-order valence-corrected chi connectivity index (χ1v) is 2.12. The monoisotopic (exact) mass is 89.1 g/mol. The first-order chi connectivity index (χ1) is 3.00. The van der Waals surface area contributed by atoms with Gasteiger partial charge in [0.25, 0.3) is 22.6 Å². The molecular weight excluding hydrogens is 81.4 g/mol. The molecule has 3 nitrogen and oxygen atoms in total. The van der Waals surface area contributed by atoms with E-state index in [1.54, 1.807) is 0 Å². The Morgan fingerprint density at radius 2 is 1.00 bits per heavy atom. The molecule has 32 valence electrons. The molecule has 7 heteroatoms. The summed E-state index contributed by atoms with van der Waals surface area (Å²) < 4.78 is 0. The zero-order chi connectivity index (χ0) is 4.24. The molecule has 0 aliphatic carbocycles. The second kappa shape index (κ2) is 4.82. The van der Waals surface area contributed by atoms with E-state index in [4.69, 9.17) is 0 Å². The molecule has 1 rings (SSSR count). The van der Waals surface area contributed by atoms with Gasteiger partial charge in [-0.3, -0.25) is 0 Å². The van der Waals surface area contributed by atoms with Crippen LogP contribution >= 0.6 is 0 Å². The van der Waals surface area contributed by atoms with Crippen molar-refractivity contribution in [3.63, 3.8) is 0 Å². The predicted octanol–water partition coefficient (Wildman–Crippen LogP) is -4.08. The third-order valence-electron chi connectivity index (χ3n) is 0.750. The molecule has 3 N–H and O–H groups in total. The van der Waals surface area contributed by atoms with E-state index < -0.39 is 0 Å². The van der Waals surface area contributed by atoms with Crippen LogP contribution in [0.25, 0.3) is 0 Å². The molecule has 7 heavy (non-hydrogen) atoms. The van der Waals surface area contributed by atoms with E-state index in [0.29, 0.717) is 0 Å². The van der Waals surface area contributed by atoms with Gasteiger partial charge in [-0.2, -0.15) is 0 Å². The van der Waals surface area contributed by atoms with Gasteiger partial charge in [-0.15, -0.1) is 0 Å². The first-order valence-electron chi connectivity index (χ1n) is 2.12. The summed E-state index contributed by atoms with van der Waals surface area (Å²) >= 11 is 0. The molecule has 1 aliphatic rings. The van der Waals surface area contributed by atoms with Crippen LogP contribution in [-0.2, 0) is 0 Å². The number of hydrogen-bond acceptors (Lipinski definition) is 3. The van der Waals surface area contributed by atoms with Crippen molar-refractivity contribution in [2.75, 3.05) is 0 Å². The molecule has 0 spiro atoms. The maximum absolute atomic E-state index is 3.06. The summed E-state index contributed by atoms with van der Waals surface area (Å²) in [6.07, 6.45) is 0. The van der Waals surface area contributed by atoms with Gasteiger partial charge in [0, 0.05) is 0 Å². The van der Waals surface area contributed by atoms with Gasteiger partial charge in [-0.05, 0) is 0 Å². The third kappa shape index (κ3) is 3.27. The fraction of sp³-hybridized carbons (Fsp3) is 0. The maximum atomic E-state index is 3.06. The molecule has 0 amide bonds. The van der Waals surface area contributed by atoms with Gasteiger partial charge < -0.3 is 15.4 Å². The SMILES string of the molecule is B1NBNBN1.[LiH]. The molecule has 1 saturated heterocycles. The van der Waals surface area contributed by atoms with Crippen LogP contribution in [0.2, 0.25) is 0 Å². The fourth-order valence-electron chi connectivity index (χ4n) is 0.453. The van der Waals surface area contributed by atoms with Crippen LogP contribution in [0.1, 0.15) is 0 Å². The summed E-state index contributed by atoms with van der Waals surface area (Å²) in [5.74, 6) is 0. The van der Waals surface area contributed by atoms with Crippen molar-refractivity contribution >= 4 is 41.5 Å². The number of rotatable bonds is 0. The minimum absolute atomic E-state index is 0. The average Bonchev–Trinajstić information content (AvgIpc) is 1.72. The quantitative estimate of drug-likeness (QED) is 0.264. The Morgan fingerprint density at radius 3 is 1.14 bits per heavy atom. The molecule has 0 unspecified atom stereocenters. The van der Waals surface area contributed by atoms with Crippen LogP contribution in [0.3, 0.4) is 0 Å². The Bertz CT molecular complexity index is 25.7. The Labute approximate surface area is 57.4 Å². The predicted molar refractivity (Wildman–Crippen MR) is 38.0 cm³/mol. The third-order valence-corrected chi connectivity index (χ3v) is 0.750. The second-order valence-electron chi connectivity index (χ2n) is 1.28. The van der Waals surface area contributed by atoms with E-state index >= 15 is 0 Å². The molecule has 0 bridgehead atoms. The van der Waals surface area contributed by atoms with Crippen LogP contribution < -0.4 is 15.4 Å². The Hall–Kier alpha value is 0.672. The van der Waals surface area contributed by atoms with Gasteiger partial charge in [-0.1, -0.05) is 0 Å². The van der Waals surface area contributed by atoms with E-state index in [9.17, 15) is 0 Å². The Balaban J connectivity index is 0.000000360. The molecule has 1 fully saturated rings. The van der Waals surface area contributed by atoms with Crippen molar-refractivity contribution in [2.24, 2.45) is 0 Å². The van der Waals surface area contributed by atoms with Gasteiger partial charge >= 0.3 is 18.9 Å². The second-order valence-corrected chi connectivity index (χ2v) is 1.28. The summed E-state index contributed by atoms with van der Waals surface area (Å²) in [4.78, 5) is 0. The zero-order valence-electron chi connectivity index (χ0n) is 3.62. The van der Waals surface area contributed by atoms with E-state index in [-0.39, 0.29) is 18.9 Å². The van der Waals surface area contributed by atoms with Gasteiger partial charge in [0.1, 0.15) is 0 Å². The van der Waals surface area contributed by atoms with E-state index in [1.807, 2.05) is 0 Å². The van der Waals surface area contributed by atoms with Crippen molar-refractivity contribution in [2.45, 2.75) is 0 Å². The topological polar surface area (TPSA) is 36.1 Å². The van der Waals surface area contributed by atoms with Gasteiger partial charge in [-0.25, -0.2) is 0 Å². The van der Waals surface area contributed by atoms with Crippen LogP contribution in [0.5, 0.6) is 0 Å². The summed E-state index contributed by atoms with van der Waals surface area (Å²) in [6.45, 7) is 0. The first kappa shape index (κ1) is 7.67. The van der Waals surface area contributed by atoms with Crippen LogP contribution in [0.15, 0.2) is 0 Å². The van der Waals surface area contributed by atoms with Crippen LogP contribution in [0, 0.1) is 0 Å². The van der Waals surface area contributed by atoms with Crippen molar-refractivity contribution in [3.05, 3.63) is 0 Å². The molecule has 0 saturated carbocycles. The van der Waals surface area contributed by atoms with Crippen molar-refractivity contribution in [1.82, 2.24) is 15.4 Å². The average molecular weight is 88.5 g/mol. The summed E-state index contributed by atoms with van der Waals surface area (Å²) in [5, 5.41) is 9.19. The Kier molecular flexibility index (Phi) is 5.29. The molecule has 0 radical (unpaired) electrons. The zero-order valence-corrected chi connectivity index (χ0v) is 3.62. The van der Waals surface area contributed by atoms with Crippen LogP contribution in [0.4, 0.5) is 0 Å². The van der Waals surface area contributed by atoms with Crippen molar-refractivity contribution in [3.8, 4) is 0 Å². The van der Waals surface area contributed by atoms with E-state index in [0.717, 1.165) is 22.6 Å². The van der Waals surface area contributed by atoms with Gasteiger partial charge in [0.2, 0.25) is 0 Å². The van der Waals surface area contributed by atoms with Crippen LogP contribution in [-0.4, -0.2) is 41.5 Å². The molecule has 0 atom stereocenters. The summed E-state index contributed by atoms with van der Waals surface area (Å²) in [5.41, 5.74) is 0. The molecular formula is H7B3LiN3. The fourth-order valence-corrected chi connectivity index (χ4v) is 0.453. The minimum atomic E-state index is 0. The van der Waals surface area contributed by atoms with Crippen molar-refractivity contribution < 1.29 is 0 Å². The van der Waals surface area contributed by atoms with Gasteiger partial charge in [0.15, 0.2) is 0 Å². The molecule has 0 aromatic heterocycles. The number of nitrogens with one attached hydrogen (secondary N) is 3. The molecule has 1 aliphatic heterocycles. The number of hydrogen-bond donors (Lipinski definition) is 3. The van der Waals surface area contributed by atoms with E-state index in [2.05, 4.69) is 15.4 Å².